The molecule has 3 heterocycles. The van der Waals surface area contributed by atoms with Crippen LogP contribution in [0.4, 0.5) is 0 Å². The molecule has 2 amide bonds. The van der Waals surface area contributed by atoms with E-state index in [1.165, 1.54) is 0 Å². The maximum absolute atomic E-state index is 13.8. The lowest BCUT2D eigenvalue weighted by Gasteiger charge is -2.27. The van der Waals surface area contributed by atoms with Crippen molar-refractivity contribution < 1.29 is 14.3 Å². The summed E-state index contributed by atoms with van der Waals surface area (Å²) in [4.78, 5) is 34.4. The first-order chi connectivity index (χ1) is 16.5. The van der Waals surface area contributed by atoms with Crippen LogP contribution >= 0.6 is 11.3 Å². The lowest BCUT2D eigenvalue weighted by Crippen LogP contribution is -2.45. The molecule has 34 heavy (non-hydrogen) atoms. The first-order valence-electron chi connectivity index (χ1n) is 11.9. The van der Waals surface area contributed by atoms with Crippen LogP contribution in [0.2, 0.25) is 0 Å². The van der Waals surface area contributed by atoms with Crippen molar-refractivity contribution in [1.29, 1.82) is 0 Å². The molecule has 6 nitrogen and oxygen atoms in total. The fourth-order valence-electron chi connectivity index (χ4n) is 5.47. The third-order valence-electron chi connectivity index (χ3n) is 7.15. The number of piperidine rings is 1. The number of benzene rings is 2. The van der Waals surface area contributed by atoms with Gasteiger partial charge in [-0.3, -0.25) is 9.59 Å². The van der Waals surface area contributed by atoms with E-state index in [0.717, 1.165) is 51.6 Å². The molecule has 0 radical (unpaired) electrons. The molecule has 2 aromatic carbocycles. The summed E-state index contributed by atoms with van der Waals surface area (Å²) >= 11 is 1.57. The number of ether oxygens (including phenoxy) is 1. The van der Waals surface area contributed by atoms with Crippen molar-refractivity contribution in [3.8, 4) is 16.2 Å². The molecule has 7 heteroatoms. The van der Waals surface area contributed by atoms with Crippen molar-refractivity contribution in [2.24, 2.45) is 5.92 Å². The number of nitrogens with one attached hydrogen (secondary N) is 1. The SMILES string of the molecule is Cc1cccc(-c2sc(C)nc2C(=O)N2[C@H](CNC(=O)c3cccc4c3CCO4)C[C@@H]3C[C@@H]32)c1. The standard InChI is InChI=1S/C27H27N3O3S/c1-15-5-3-6-17(11-15)25-24(29-16(2)34-25)27(32)30-19(12-18-13-22(18)30)14-28-26(31)21-7-4-8-23-20(21)9-10-33-23/h3-8,11,18-19,22H,9-10,12-14H2,1-2H3,(H,28,31)/t18-,19+,22+/m1/s1. The van der Waals surface area contributed by atoms with Gasteiger partial charge in [0.15, 0.2) is 0 Å². The van der Waals surface area contributed by atoms with Crippen LogP contribution in [0.5, 0.6) is 5.75 Å². The number of thiazole rings is 1. The Morgan fingerprint density at radius 3 is 2.88 bits per heavy atom. The summed E-state index contributed by atoms with van der Waals surface area (Å²) in [5.41, 5.74) is 4.38. The Bertz CT molecular complexity index is 1300. The smallest absolute Gasteiger partial charge is 0.274 e. The average Bonchev–Trinajstić information content (AvgIpc) is 3.18. The number of amides is 2. The molecule has 6 rings (SSSR count). The molecular weight excluding hydrogens is 446 g/mol. The largest absolute Gasteiger partial charge is 0.493 e. The van der Waals surface area contributed by atoms with Gasteiger partial charge in [0.1, 0.15) is 11.4 Å². The second-order valence-corrected chi connectivity index (χ2v) is 10.7. The van der Waals surface area contributed by atoms with Crippen LogP contribution in [0.3, 0.4) is 0 Å². The van der Waals surface area contributed by atoms with Gasteiger partial charge in [-0.05, 0) is 50.3 Å². The van der Waals surface area contributed by atoms with Crippen molar-refractivity contribution in [3.63, 3.8) is 0 Å². The maximum atomic E-state index is 13.8. The fraction of sp³-hybridized carbons (Fsp3) is 0.370. The van der Waals surface area contributed by atoms with Gasteiger partial charge in [-0.15, -0.1) is 11.3 Å². The van der Waals surface area contributed by atoms with Crippen LogP contribution in [-0.2, 0) is 6.42 Å². The van der Waals surface area contributed by atoms with Gasteiger partial charge < -0.3 is 15.0 Å². The molecule has 2 aliphatic heterocycles. The van der Waals surface area contributed by atoms with E-state index >= 15 is 0 Å². The normalized spacial score (nSPS) is 22.2. The second-order valence-electron chi connectivity index (χ2n) is 9.54. The minimum absolute atomic E-state index is 0.0134. The molecule has 2 fully saturated rings. The van der Waals surface area contributed by atoms with Crippen LogP contribution in [0.25, 0.3) is 10.4 Å². The number of hydrogen-bond acceptors (Lipinski definition) is 5. The van der Waals surface area contributed by atoms with Gasteiger partial charge >= 0.3 is 0 Å². The van der Waals surface area contributed by atoms with E-state index in [9.17, 15) is 9.59 Å². The molecule has 1 saturated heterocycles. The Morgan fingerprint density at radius 1 is 1.18 bits per heavy atom. The Labute approximate surface area is 203 Å². The zero-order valence-electron chi connectivity index (χ0n) is 19.3. The summed E-state index contributed by atoms with van der Waals surface area (Å²) in [6.07, 6.45) is 2.72. The fourth-order valence-corrected chi connectivity index (χ4v) is 6.38. The Balaban J connectivity index is 1.22. The lowest BCUT2D eigenvalue weighted by molar-refractivity contribution is 0.0684. The van der Waals surface area contributed by atoms with Crippen LogP contribution in [0.15, 0.2) is 42.5 Å². The Hall–Kier alpha value is -3.19. The highest BCUT2D eigenvalue weighted by molar-refractivity contribution is 7.15. The summed E-state index contributed by atoms with van der Waals surface area (Å²) in [6.45, 7) is 5.07. The van der Waals surface area contributed by atoms with E-state index in [0.29, 0.717) is 30.3 Å². The summed E-state index contributed by atoms with van der Waals surface area (Å²) < 4.78 is 5.60. The highest BCUT2D eigenvalue weighted by Crippen LogP contribution is 2.49. The van der Waals surface area contributed by atoms with E-state index in [2.05, 4.69) is 29.4 Å². The van der Waals surface area contributed by atoms with E-state index < -0.39 is 0 Å². The maximum Gasteiger partial charge on any atom is 0.274 e. The van der Waals surface area contributed by atoms with Crippen molar-refractivity contribution in [2.75, 3.05) is 13.2 Å². The Kier molecular flexibility index (Phi) is 5.17. The van der Waals surface area contributed by atoms with Gasteiger partial charge in [0.25, 0.3) is 11.8 Å². The molecular formula is C27H27N3O3S. The monoisotopic (exact) mass is 473 g/mol. The molecule has 0 unspecified atom stereocenters. The first-order valence-corrected chi connectivity index (χ1v) is 12.7. The zero-order valence-corrected chi connectivity index (χ0v) is 20.2. The predicted molar refractivity (Wildman–Crippen MR) is 131 cm³/mol. The number of nitrogens with zero attached hydrogens (tertiary/aromatic N) is 2. The van der Waals surface area contributed by atoms with Gasteiger partial charge in [0, 0.05) is 30.1 Å². The van der Waals surface area contributed by atoms with Crippen molar-refractivity contribution in [3.05, 3.63) is 69.9 Å². The van der Waals surface area contributed by atoms with Gasteiger partial charge in [0.2, 0.25) is 0 Å². The third-order valence-corrected chi connectivity index (χ3v) is 8.17. The number of aryl methyl sites for hydroxylation is 2. The molecule has 1 N–H and O–H groups in total. The van der Waals surface area contributed by atoms with E-state index in [-0.39, 0.29) is 23.9 Å². The molecule has 1 aliphatic carbocycles. The van der Waals surface area contributed by atoms with Crippen molar-refractivity contribution in [2.45, 2.75) is 45.2 Å². The molecule has 3 aromatic rings. The predicted octanol–water partition coefficient (Wildman–Crippen LogP) is 4.39. The number of hydrogen-bond donors (Lipinski definition) is 1. The molecule has 1 saturated carbocycles. The average molecular weight is 474 g/mol. The van der Waals surface area contributed by atoms with E-state index in [1.807, 2.05) is 42.2 Å². The Morgan fingerprint density at radius 2 is 2.03 bits per heavy atom. The molecule has 0 spiro atoms. The third kappa shape index (κ3) is 3.68. The minimum Gasteiger partial charge on any atom is -0.493 e. The van der Waals surface area contributed by atoms with Gasteiger partial charge in [-0.2, -0.15) is 0 Å². The number of likely N-dealkylation sites (tertiary alicyclic amines) is 1. The van der Waals surface area contributed by atoms with Gasteiger partial charge in [0.05, 0.1) is 22.5 Å². The topological polar surface area (TPSA) is 71.5 Å². The number of rotatable bonds is 5. The summed E-state index contributed by atoms with van der Waals surface area (Å²) in [7, 11) is 0. The van der Waals surface area contributed by atoms with Crippen LogP contribution in [-0.4, -0.2) is 46.9 Å². The number of carbonyl (C=O) groups is 2. The van der Waals surface area contributed by atoms with Crippen LogP contribution in [0, 0.1) is 19.8 Å². The molecule has 3 aliphatic rings. The molecule has 1 aromatic heterocycles. The van der Waals surface area contributed by atoms with Gasteiger partial charge in [-0.1, -0.05) is 35.9 Å². The molecule has 174 valence electrons. The summed E-state index contributed by atoms with van der Waals surface area (Å²) in [5.74, 6) is 1.22. The number of carbonyl (C=O) groups excluding carboxylic acids is 2. The zero-order chi connectivity index (χ0) is 23.4. The van der Waals surface area contributed by atoms with Crippen molar-refractivity contribution >= 4 is 23.2 Å². The minimum atomic E-state index is -0.0970. The second kappa shape index (κ2) is 8.24. The summed E-state index contributed by atoms with van der Waals surface area (Å²) in [5, 5.41) is 3.99. The quantitative estimate of drug-likeness (QED) is 0.597. The van der Waals surface area contributed by atoms with Crippen LogP contribution in [0.1, 0.15) is 49.8 Å². The number of aromatic nitrogens is 1. The highest BCUT2D eigenvalue weighted by atomic mass is 32.1. The number of fused-ring (bicyclic) bond motifs is 2. The van der Waals surface area contributed by atoms with E-state index in [4.69, 9.17) is 4.74 Å². The van der Waals surface area contributed by atoms with Crippen LogP contribution < -0.4 is 10.1 Å². The molecule has 0 bridgehead atoms. The highest BCUT2D eigenvalue weighted by Gasteiger charge is 2.54. The lowest BCUT2D eigenvalue weighted by atomic mass is 10.0. The van der Waals surface area contributed by atoms with E-state index in [1.54, 1.807) is 11.3 Å². The summed E-state index contributed by atoms with van der Waals surface area (Å²) in [6, 6.07) is 14.1. The van der Waals surface area contributed by atoms with Crippen molar-refractivity contribution in [1.82, 2.24) is 15.2 Å². The van der Waals surface area contributed by atoms with Gasteiger partial charge in [-0.25, -0.2) is 4.98 Å². The molecule has 3 atom stereocenters. The first kappa shape index (κ1) is 21.4.